The topological polar surface area (TPSA) is 67.7 Å². The molecule has 2 fully saturated rings. The van der Waals surface area contributed by atoms with Crippen molar-refractivity contribution >= 4 is 20.9 Å². The zero-order valence-corrected chi connectivity index (χ0v) is 22.8. The fourth-order valence-electron chi connectivity index (χ4n) is 5.97. The van der Waals surface area contributed by atoms with E-state index < -0.39 is 9.84 Å². The third kappa shape index (κ3) is 5.46. The highest BCUT2D eigenvalue weighted by Crippen LogP contribution is 2.35. The van der Waals surface area contributed by atoms with Crippen LogP contribution in [-0.2, 0) is 21.6 Å². The third-order valence-electron chi connectivity index (χ3n) is 8.22. The van der Waals surface area contributed by atoms with Crippen LogP contribution in [0.4, 0.5) is 4.39 Å². The van der Waals surface area contributed by atoms with E-state index >= 15 is 4.39 Å². The molecule has 0 bridgehead atoms. The lowest BCUT2D eigenvalue weighted by atomic mass is 9.87. The summed E-state index contributed by atoms with van der Waals surface area (Å²) in [6, 6.07) is 11.1. The summed E-state index contributed by atoms with van der Waals surface area (Å²) in [6.07, 6.45) is 5.48. The molecule has 0 spiro atoms. The summed E-state index contributed by atoms with van der Waals surface area (Å²) in [5.74, 6) is 0.594. The number of ether oxygens (including phenoxy) is 1. The second-order valence-corrected chi connectivity index (χ2v) is 12.5. The van der Waals surface area contributed by atoms with E-state index in [9.17, 15) is 8.42 Å². The maximum absolute atomic E-state index is 15.8. The molecule has 2 aromatic carbocycles. The molecule has 3 heterocycles. The van der Waals surface area contributed by atoms with Gasteiger partial charge in [-0.3, -0.25) is 0 Å². The van der Waals surface area contributed by atoms with Crippen LogP contribution in [0.25, 0.3) is 22.4 Å². The molecular formula is C28H37FN4O3S. The van der Waals surface area contributed by atoms with Crippen LogP contribution in [0.15, 0.2) is 41.3 Å². The first kappa shape index (κ1) is 26.3. The monoisotopic (exact) mass is 528 g/mol. The molecule has 2 aliphatic heterocycles. The number of hydrogen-bond acceptors (Lipinski definition) is 6. The number of imidazole rings is 1. The van der Waals surface area contributed by atoms with Crippen molar-refractivity contribution < 1.29 is 17.5 Å². The van der Waals surface area contributed by atoms with Gasteiger partial charge in [-0.05, 0) is 93.7 Å². The number of aryl methyl sites for hydroxylation is 1. The van der Waals surface area contributed by atoms with Gasteiger partial charge >= 0.3 is 0 Å². The highest BCUT2D eigenvalue weighted by molar-refractivity contribution is 7.90. The molecule has 0 radical (unpaired) electrons. The summed E-state index contributed by atoms with van der Waals surface area (Å²) in [4.78, 5) is 10.0. The largest absolute Gasteiger partial charge is 0.383 e. The maximum atomic E-state index is 15.8. The summed E-state index contributed by atoms with van der Waals surface area (Å²) < 4.78 is 46.5. The molecule has 1 aromatic heterocycles. The lowest BCUT2D eigenvalue weighted by Crippen LogP contribution is -2.48. The molecule has 3 aromatic rings. The standard InChI is InChI=1S/C28H37FN4O3S/c1-31-25-9-8-24(20-10-16-33(17-11-20)22-12-14-32(15-13-22)18-19-36-2)26(29)27(25)30-28(31)21-4-6-23(7-5-21)37(3,34)35/h4-9,20,22H,10-19H2,1-3H3. The van der Waals surface area contributed by atoms with Crippen LogP contribution in [0.3, 0.4) is 0 Å². The predicted octanol–water partition coefficient (Wildman–Crippen LogP) is 4.07. The Balaban J connectivity index is 1.28. The Hall–Kier alpha value is -2.33. The van der Waals surface area contributed by atoms with E-state index in [1.165, 1.54) is 19.1 Å². The van der Waals surface area contributed by atoms with Crippen LogP contribution in [0, 0.1) is 5.82 Å². The number of methoxy groups -OCH3 is 1. The summed E-state index contributed by atoms with van der Waals surface area (Å²) in [6.45, 7) is 6.06. The van der Waals surface area contributed by atoms with E-state index in [0.29, 0.717) is 17.4 Å². The Kier molecular flexibility index (Phi) is 7.68. The number of fused-ring (bicyclic) bond motifs is 1. The van der Waals surface area contributed by atoms with Crippen molar-refractivity contribution in [1.82, 2.24) is 19.4 Å². The van der Waals surface area contributed by atoms with Crippen molar-refractivity contribution in [2.24, 2.45) is 7.05 Å². The first-order chi connectivity index (χ1) is 17.8. The molecule has 0 N–H and O–H groups in total. The number of likely N-dealkylation sites (tertiary alicyclic amines) is 2. The summed E-state index contributed by atoms with van der Waals surface area (Å²) in [5.41, 5.74) is 2.64. The number of nitrogens with zero attached hydrogens (tertiary/aromatic N) is 4. The van der Waals surface area contributed by atoms with Crippen molar-refractivity contribution in [3.8, 4) is 11.4 Å². The molecule has 0 aliphatic carbocycles. The van der Waals surface area contributed by atoms with Crippen molar-refractivity contribution in [3.63, 3.8) is 0 Å². The predicted molar refractivity (Wildman–Crippen MR) is 144 cm³/mol. The van der Waals surface area contributed by atoms with Gasteiger partial charge in [-0.1, -0.05) is 6.07 Å². The second-order valence-electron chi connectivity index (χ2n) is 10.5. The molecule has 37 heavy (non-hydrogen) atoms. The molecule has 0 saturated carbocycles. The molecular weight excluding hydrogens is 491 g/mol. The number of hydrogen-bond donors (Lipinski definition) is 0. The highest BCUT2D eigenvalue weighted by atomic mass is 32.2. The Morgan fingerprint density at radius 2 is 1.68 bits per heavy atom. The summed E-state index contributed by atoms with van der Waals surface area (Å²) in [7, 11) is 0.348. The second kappa shape index (κ2) is 10.8. The first-order valence-corrected chi connectivity index (χ1v) is 15.1. The van der Waals surface area contributed by atoms with Crippen LogP contribution < -0.4 is 0 Å². The van der Waals surface area contributed by atoms with Gasteiger partial charge in [-0.2, -0.15) is 0 Å². The quantitative estimate of drug-likeness (QED) is 0.461. The molecule has 9 heteroatoms. The fraction of sp³-hybridized carbons (Fsp3) is 0.536. The molecule has 2 aliphatic rings. The number of aromatic nitrogens is 2. The number of rotatable bonds is 7. The zero-order valence-electron chi connectivity index (χ0n) is 22.0. The lowest BCUT2D eigenvalue weighted by molar-refractivity contribution is 0.0726. The maximum Gasteiger partial charge on any atom is 0.175 e. The number of piperidine rings is 2. The SMILES string of the molecule is COCCN1CCC(N2CCC(c3ccc4c(nc(-c5ccc(S(C)(=O)=O)cc5)n4C)c3F)CC2)CC1. The lowest BCUT2D eigenvalue weighted by Gasteiger charge is -2.42. The van der Waals surface area contributed by atoms with Crippen LogP contribution in [0.2, 0.25) is 0 Å². The summed E-state index contributed by atoms with van der Waals surface area (Å²) in [5, 5.41) is 0. The van der Waals surface area contributed by atoms with E-state index in [-0.39, 0.29) is 16.6 Å². The van der Waals surface area contributed by atoms with Gasteiger partial charge in [0.05, 0.1) is 17.0 Å². The van der Waals surface area contributed by atoms with E-state index in [2.05, 4.69) is 14.8 Å². The molecule has 200 valence electrons. The van der Waals surface area contributed by atoms with Gasteiger partial charge in [0, 0.05) is 38.6 Å². The fourth-order valence-corrected chi connectivity index (χ4v) is 6.60. The number of halogens is 1. The molecule has 5 rings (SSSR count). The van der Waals surface area contributed by atoms with Crippen molar-refractivity contribution in [2.45, 2.75) is 42.5 Å². The Morgan fingerprint density at radius 3 is 2.30 bits per heavy atom. The average molecular weight is 529 g/mol. The first-order valence-electron chi connectivity index (χ1n) is 13.2. The molecule has 2 saturated heterocycles. The van der Waals surface area contributed by atoms with Crippen molar-refractivity contribution in [3.05, 3.63) is 47.8 Å². The van der Waals surface area contributed by atoms with Gasteiger partial charge in [-0.25, -0.2) is 17.8 Å². The Morgan fingerprint density at radius 1 is 1.00 bits per heavy atom. The molecule has 0 atom stereocenters. The van der Waals surface area contributed by atoms with Gasteiger partial charge in [0.25, 0.3) is 0 Å². The van der Waals surface area contributed by atoms with E-state index in [0.717, 1.165) is 68.8 Å². The van der Waals surface area contributed by atoms with Gasteiger partial charge in [-0.15, -0.1) is 0 Å². The minimum Gasteiger partial charge on any atom is -0.383 e. The normalized spacial score (nSPS) is 19.1. The van der Waals surface area contributed by atoms with Gasteiger partial charge in [0.1, 0.15) is 11.3 Å². The highest BCUT2D eigenvalue weighted by Gasteiger charge is 2.30. The smallest absolute Gasteiger partial charge is 0.175 e. The van der Waals surface area contributed by atoms with Gasteiger partial charge < -0.3 is 19.1 Å². The number of benzene rings is 2. The minimum absolute atomic E-state index is 0.196. The van der Waals surface area contributed by atoms with E-state index in [4.69, 9.17) is 4.74 Å². The van der Waals surface area contributed by atoms with Gasteiger partial charge in [0.15, 0.2) is 15.7 Å². The minimum atomic E-state index is -3.28. The Labute approximate surface area is 219 Å². The van der Waals surface area contributed by atoms with E-state index in [1.54, 1.807) is 31.4 Å². The Bertz CT molecular complexity index is 1340. The molecule has 0 amide bonds. The van der Waals surface area contributed by atoms with Crippen LogP contribution >= 0.6 is 0 Å². The van der Waals surface area contributed by atoms with E-state index in [1.807, 2.05) is 23.7 Å². The van der Waals surface area contributed by atoms with Gasteiger partial charge in [0.2, 0.25) is 0 Å². The molecule has 7 nitrogen and oxygen atoms in total. The summed E-state index contributed by atoms with van der Waals surface area (Å²) >= 11 is 0. The third-order valence-corrected chi connectivity index (χ3v) is 9.35. The van der Waals surface area contributed by atoms with Crippen molar-refractivity contribution in [2.75, 3.05) is 52.7 Å². The number of sulfone groups is 1. The zero-order chi connectivity index (χ0) is 26.2. The van der Waals surface area contributed by atoms with Crippen molar-refractivity contribution in [1.29, 1.82) is 0 Å². The van der Waals surface area contributed by atoms with Crippen LogP contribution in [0.1, 0.15) is 37.2 Å². The average Bonchev–Trinajstić information content (AvgIpc) is 3.25. The van der Waals surface area contributed by atoms with Crippen LogP contribution in [0.5, 0.6) is 0 Å². The van der Waals surface area contributed by atoms with Crippen LogP contribution in [-0.4, -0.2) is 86.5 Å². The molecule has 0 unspecified atom stereocenters.